The molecule has 1 saturated carbocycles. The number of likely N-dealkylation sites (tertiary alicyclic amines) is 1. The van der Waals surface area contributed by atoms with Crippen molar-refractivity contribution in [2.24, 2.45) is 17.6 Å². The van der Waals surface area contributed by atoms with E-state index in [0.717, 1.165) is 37.0 Å². The minimum atomic E-state index is 0.0794. The largest absolute Gasteiger partial charge is 0.495 e. The Morgan fingerprint density at radius 3 is 2.68 bits per heavy atom. The number of rotatable bonds is 4. The van der Waals surface area contributed by atoms with Crippen LogP contribution in [-0.2, 0) is 4.74 Å². The molecule has 1 amide bonds. The number of carbonyl (C=O) groups excluding carboxylic acids is 1. The van der Waals surface area contributed by atoms with Crippen molar-refractivity contribution in [1.82, 2.24) is 4.90 Å². The number of nitrogens with two attached hydrogens (primary N) is 1. The molecule has 0 radical (unpaired) electrons. The second-order valence-electron chi connectivity index (χ2n) is 7.36. The van der Waals surface area contributed by atoms with Crippen LogP contribution in [0.25, 0.3) is 0 Å². The minimum absolute atomic E-state index is 0.0794. The van der Waals surface area contributed by atoms with E-state index in [9.17, 15) is 4.79 Å². The maximum absolute atomic E-state index is 13.0. The lowest BCUT2D eigenvalue weighted by molar-refractivity contribution is 0.0785. The van der Waals surface area contributed by atoms with Gasteiger partial charge in [-0.2, -0.15) is 0 Å². The van der Waals surface area contributed by atoms with Crippen LogP contribution in [0.1, 0.15) is 23.2 Å². The van der Waals surface area contributed by atoms with Gasteiger partial charge in [-0.25, -0.2) is 0 Å². The van der Waals surface area contributed by atoms with Gasteiger partial charge in [0, 0.05) is 37.8 Å². The zero-order chi connectivity index (χ0) is 17.4. The van der Waals surface area contributed by atoms with E-state index >= 15 is 0 Å². The number of methoxy groups -OCH3 is 1. The number of nitrogens with zero attached hydrogens (tertiary/aromatic N) is 2. The average Bonchev–Trinajstić information content (AvgIpc) is 3.43. The molecular formula is C19H27N3O3. The second-order valence-corrected chi connectivity index (χ2v) is 7.36. The number of hydrogen-bond donors (Lipinski definition) is 1. The summed E-state index contributed by atoms with van der Waals surface area (Å²) in [5.41, 5.74) is 7.97. The highest BCUT2D eigenvalue weighted by Crippen LogP contribution is 2.41. The monoisotopic (exact) mass is 345 g/mol. The van der Waals surface area contributed by atoms with Crippen LogP contribution in [0.4, 0.5) is 5.69 Å². The topological polar surface area (TPSA) is 68.0 Å². The molecule has 4 rings (SSSR count). The maximum atomic E-state index is 13.0. The molecule has 136 valence electrons. The van der Waals surface area contributed by atoms with Gasteiger partial charge in [-0.05, 0) is 42.9 Å². The van der Waals surface area contributed by atoms with Crippen molar-refractivity contribution < 1.29 is 14.3 Å². The predicted molar refractivity (Wildman–Crippen MR) is 96.1 cm³/mol. The summed E-state index contributed by atoms with van der Waals surface area (Å²) in [6.07, 6.45) is 2.54. The molecule has 2 N–H and O–H groups in total. The highest BCUT2D eigenvalue weighted by Gasteiger charge is 2.42. The van der Waals surface area contributed by atoms with Crippen LogP contribution in [0.5, 0.6) is 5.75 Å². The molecule has 3 fully saturated rings. The Morgan fingerprint density at radius 2 is 2.00 bits per heavy atom. The van der Waals surface area contributed by atoms with Gasteiger partial charge in [-0.1, -0.05) is 0 Å². The second kappa shape index (κ2) is 6.84. The molecule has 3 aliphatic rings. The summed E-state index contributed by atoms with van der Waals surface area (Å²) < 4.78 is 10.9. The lowest BCUT2D eigenvalue weighted by atomic mass is 9.99. The van der Waals surface area contributed by atoms with Gasteiger partial charge in [0.15, 0.2) is 0 Å². The molecular weight excluding hydrogens is 318 g/mol. The lowest BCUT2D eigenvalue weighted by Gasteiger charge is -2.30. The predicted octanol–water partition coefficient (Wildman–Crippen LogP) is 1.34. The van der Waals surface area contributed by atoms with Gasteiger partial charge in [0.1, 0.15) is 5.75 Å². The SMILES string of the molecule is COc1ccc(C(=O)N2C[C@H](C3CC3)[C@@H](N)C2)cc1N1CCOCC1. The summed E-state index contributed by atoms with van der Waals surface area (Å²) in [6.45, 7) is 4.48. The van der Waals surface area contributed by atoms with Crippen LogP contribution in [0, 0.1) is 11.8 Å². The summed E-state index contributed by atoms with van der Waals surface area (Å²) in [7, 11) is 1.67. The minimum Gasteiger partial charge on any atom is -0.495 e. The molecule has 1 aromatic rings. The third-order valence-electron chi connectivity index (χ3n) is 5.70. The number of benzene rings is 1. The Hall–Kier alpha value is -1.79. The smallest absolute Gasteiger partial charge is 0.253 e. The molecule has 2 atom stereocenters. The number of carbonyl (C=O) groups is 1. The number of amides is 1. The maximum Gasteiger partial charge on any atom is 0.253 e. The molecule has 2 saturated heterocycles. The number of morpholine rings is 1. The van der Waals surface area contributed by atoms with Crippen molar-refractivity contribution in [3.63, 3.8) is 0 Å². The molecule has 1 aromatic carbocycles. The normalized spacial score (nSPS) is 26.8. The van der Waals surface area contributed by atoms with Gasteiger partial charge < -0.3 is 25.0 Å². The molecule has 6 nitrogen and oxygen atoms in total. The third-order valence-corrected chi connectivity index (χ3v) is 5.70. The van der Waals surface area contributed by atoms with Crippen LogP contribution in [0.15, 0.2) is 18.2 Å². The Kier molecular flexibility index (Phi) is 4.56. The third kappa shape index (κ3) is 3.33. The van der Waals surface area contributed by atoms with Crippen molar-refractivity contribution in [1.29, 1.82) is 0 Å². The Labute approximate surface area is 148 Å². The van der Waals surface area contributed by atoms with Crippen LogP contribution in [0.2, 0.25) is 0 Å². The van der Waals surface area contributed by atoms with E-state index in [1.165, 1.54) is 12.8 Å². The van der Waals surface area contributed by atoms with Crippen LogP contribution in [0.3, 0.4) is 0 Å². The highest BCUT2D eigenvalue weighted by atomic mass is 16.5. The Bertz CT molecular complexity index is 641. The number of ether oxygens (including phenoxy) is 2. The van der Waals surface area contributed by atoms with Gasteiger partial charge in [0.05, 0.1) is 26.0 Å². The van der Waals surface area contributed by atoms with E-state index in [1.807, 2.05) is 23.1 Å². The average molecular weight is 345 g/mol. The first-order chi connectivity index (χ1) is 12.2. The van der Waals surface area contributed by atoms with E-state index in [4.69, 9.17) is 15.2 Å². The van der Waals surface area contributed by atoms with Gasteiger partial charge in [-0.15, -0.1) is 0 Å². The fourth-order valence-corrected chi connectivity index (χ4v) is 4.10. The molecule has 0 unspecified atom stereocenters. The van der Waals surface area contributed by atoms with Crippen molar-refractivity contribution in [3.05, 3.63) is 23.8 Å². The van der Waals surface area contributed by atoms with Crippen molar-refractivity contribution >= 4 is 11.6 Å². The molecule has 1 aliphatic carbocycles. The Balaban J connectivity index is 1.54. The number of hydrogen-bond acceptors (Lipinski definition) is 5. The molecule has 0 spiro atoms. The number of anilines is 1. The van der Waals surface area contributed by atoms with Gasteiger partial charge in [0.25, 0.3) is 5.91 Å². The van der Waals surface area contributed by atoms with Crippen LogP contribution < -0.4 is 15.4 Å². The van der Waals surface area contributed by atoms with E-state index in [1.54, 1.807) is 7.11 Å². The highest BCUT2D eigenvalue weighted by molar-refractivity contribution is 5.96. The molecule has 0 bridgehead atoms. The quantitative estimate of drug-likeness (QED) is 0.892. The first kappa shape index (κ1) is 16.7. The summed E-state index contributed by atoms with van der Waals surface area (Å²) in [4.78, 5) is 17.2. The summed E-state index contributed by atoms with van der Waals surface area (Å²) in [5.74, 6) is 2.08. The van der Waals surface area contributed by atoms with E-state index in [2.05, 4.69) is 4.90 Å². The van der Waals surface area contributed by atoms with E-state index < -0.39 is 0 Å². The summed E-state index contributed by atoms with van der Waals surface area (Å²) >= 11 is 0. The fourth-order valence-electron chi connectivity index (χ4n) is 4.10. The first-order valence-corrected chi connectivity index (χ1v) is 9.23. The standard InChI is InChI=1S/C19H27N3O3/c1-24-18-5-4-14(10-17(18)21-6-8-25-9-7-21)19(23)22-11-15(13-2-3-13)16(20)12-22/h4-5,10,13,15-16H,2-3,6-9,11-12,20H2,1H3/t15-,16+/m1/s1. The van der Waals surface area contributed by atoms with Crippen molar-refractivity contribution in [2.45, 2.75) is 18.9 Å². The fraction of sp³-hybridized carbons (Fsp3) is 0.632. The molecule has 2 heterocycles. The Morgan fingerprint density at radius 1 is 1.24 bits per heavy atom. The van der Waals surface area contributed by atoms with Crippen molar-refractivity contribution in [3.8, 4) is 5.75 Å². The summed E-state index contributed by atoms with van der Waals surface area (Å²) in [5, 5.41) is 0. The molecule has 6 heteroatoms. The molecule has 2 aliphatic heterocycles. The zero-order valence-electron chi connectivity index (χ0n) is 14.8. The van der Waals surface area contributed by atoms with Gasteiger partial charge >= 0.3 is 0 Å². The zero-order valence-corrected chi connectivity index (χ0v) is 14.8. The lowest BCUT2D eigenvalue weighted by Crippen LogP contribution is -2.37. The van der Waals surface area contributed by atoms with E-state index in [0.29, 0.717) is 31.2 Å². The summed E-state index contributed by atoms with van der Waals surface area (Å²) in [6, 6.07) is 5.84. The van der Waals surface area contributed by atoms with E-state index in [-0.39, 0.29) is 11.9 Å². The van der Waals surface area contributed by atoms with Crippen LogP contribution >= 0.6 is 0 Å². The van der Waals surface area contributed by atoms with Crippen LogP contribution in [-0.4, -0.2) is 63.4 Å². The van der Waals surface area contributed by atoms with Gasteiger partial charge in [0.2, 0.25) is 0 Å². The molecule has 25 heavy (non-hydrogen) atoms. The van der Waals surface area contributed by atoms with Crippen molar-refractivity contribution in [2.75, 3.05) is 51.4 Å². The first-order valence-electron chi connectivity index (χ1n) is 9.23. The molecule has 0 aromatic heterocycles. The van der Waals surface area contributed by atoms with Gasteiger partial charge in [-0.3, -0.25) is 4.79 Å².